The highest BCUT2D eigenvalue weighted by molar-refractivity contribution is 5.89. The minimum Gasteiger partial charge on any atom is -0.462 e. The summed E-state index contributed by atoms with van der Waals surface area (Å²) in [6, 6.07) is 23.8. The number of anilines is 2. The topological polar surface area (TPSA) is 77.0 Å². The van der Waals surface area contributed by atoms with Crippen LogP contribution in [0.5, 0.6) is 0 Å². The van der Waals surface area contributed by atoms with Crippen LogP contribution in [0.3, 0.4) is 0 Å². The molecule has 0 radical (unpaired) electrons. The number of aryl methyl sites for hydroxylation is 2. The zero-order valence-corrected chi connectivity index (χ0v) is 19.7. The molecule has 0 aliphatic carbocycles. The molecule has 0 bridgehead atoms. The van der Waals surface area contributed by atoms with E-state index in [0.29, 0.717) is 42.6 Å². The number of carbonyl (C=O) groups excluding carboxylic acids is 1. The maximum Gasteiger partial charge on any atom is 0.338 e. The van der Waals surface area contributed by atoms with Crippen LogP contribution in [-0.4, -0.2) is 27.5 Å². The summed E-state index contributed by atoms with van der Waals surface area (Å²) >= 11 is 0. The molecule has 0 unspecified atom stereocenters. The van der Waals surface area contributed by atoms with Crippen molar-refractivity contribution in [3.8, 4) is 0 Å². The fraction of sp³-hybridized carbons (Fsp3) is 0.214. The Morgan fingerprint density at radius 2 is 1.35 bits per heavy atom. The van der Waals surface area contributed by atoms with Crippen LogP contribution >= 0.6 is 0 Å². The molecular weight excluding hydrogens is 424 g/mol. The summed E-state index contributed by atoms with van der Waals surface area (Å²) < 4.78 is 5.06. The van der Waals surface area contributed by atoms with Crippen LogP contribution in [0.25, 0.3) is 0 Å². The van der Waals surface area contributed by atoms with Crippen LogP contribution < -0.4 is 5.32 Å². The van der Waals surface area contributed by atoms with Crippen molar-refractivity contribution in [1.29, 1.82) is 0 Å². The Morgan fingerprint density at radius 3 is 1.85 bits per heavy atom. The third-order valence-corrected chi connectivity index (χ3v) is 5.27. The summed E-state index contributed by atoms with van der Waals surface area (Å²) in [5.41, 5.74) is 5.98. The van der Waals surface area contributed by atoms with Gasteiger partial charge in [-0.3, -0.25) is 0 Å². The normalized spacial score (nSPS) is 10.7. The van der Waals surface area contributed by atoms with E-state index >= 15 is 0 Å². The van der Waals surface area contributed by atoms with Gasteiger partial charge >= 0.3 is 5.97 Å². The van der Waals surface area contributed by atoms with Gasteiger partial charge in [0.05, 0.1) is 12.2 Å². The fourth-order valence-electron chi connectivity index (χ4n) is 3.73. The first-order chi connectivity index (χ1) is 16.5. The van der Waals surface area contributed by atoms with Crippen molar-refractivity contribution in [1.82, 2.24) is 15.0 Å². The lowest BCUT2D eigenvalue weighted by Gasteiger charge is -2.10. The van der Waals surface area contributed by atoms with Gasteiger partial charge in [-0.25, -0.2) is 9.78 Å². The number of benzene rings is 3. The number of hydrogen-bond acceptors (Lipinski definition) is 6. The molecule has 3 aromatic carbocycles. The van der Waals surface area contributed by atoms with E-state index in [0.717, 1.165) is 16.8 Å². The molecule has 1 N–H and O–H groups in total. The van der Waals surface area contributed by atoms with Crippen LogP contribution in [-0.2, 0) is 17.6 Å². The summed E-state index contributed by atoms with van der Waals surface area (Å²) in [7, 11) is 0. The van der Waals surface area contributed by atoms with Crippen molar-refractivity contribution in [2.45, 2.75) is 33.6 Å². The van der Waals surface area contributed by atoms with Crippen LogP contribution in [0.2, 0.25) is 0 Å². The molecule has 0 amide bonds. The summed E-state index contributed by atoms with van der Waals surface area (Å²) in [5, 5.41) is 3.26. The van der Waals surface area contributed by atoms with E-state index in [1.54, 1.807) is 19.1 Å². The van der Waals surface area contributed by atoms with Crippen LogP contribution in [0.15, 0.2) is 72.8 Å². The van der Waals surface area contributed by atoms with Gasteiger partial charge in [-0.05, 0) is 56.2 Å². The molecule has 4 rings (SSSR count). The highest BCUT2D eigenvalue weighted by atomic mass is 16.5. The highest BCUT2D eigenvalue weighted by Gasteiger charge is 2.11. The SMILES string of the molecule is CCOC(=O)c1ccc(Nc2nc(Cc3cccc(C)c3)nc(Cc3cccc(C)c3)n2)cc1. The molecule has 0 fully saturated rings. The summed E-state index contributed by atoms with van der Waals surface area (Å²) in [6.07, 6.45) is 1.23. The maximum absolute atomic E-state index is 11.9. The number of aromatic nitrogens is 3. The Balaban J connectivity index is 1.61. The lowest BCUT2D eigenvalue weighted by Crippen LogP contribution is -2.09. The zero-order valence-electron chi connectivity index (χ0n) is 19.7. The zero-order chi connectivity index (χ0) is 23.9. The van der Waals surface area contributed by atoms with Crippen molar-refractivity contribution in [2.75, 3.05) is 11.9 Å². The Labute approximate surface area is 200 Å². The van der Waals surface area contributed by atoms with Gasteiger partial charge in [0.2, 0.25) is 5.95 Å². The standard InChI is InChI=1S/C28H28N4O2/c1-4-34-27(33)23-11-13-24(14-12-23)29-28-31-25(17-21-9-5-7-19(2)15-21)30-26(32-28)18-22-10-6-8-20(3)16-22/h5-16H,4,17-18H2,1-3H3,(H,29,30,31,32). The molecule has 0 atom stereocenters. The van der Waals surface area contributed by atoms with E-state index in [4.69, 9.17) is 9.72 Å². The first-order valence-corrected chi connectivity index (χ1v) is 11.4. The van der Waals surface area contributed by atoms with Crippen molar-refractivity contribution >= 4 is 17.6 Å². The second-order valence-electron chi connectivity index (χ2n) is 8.25. The van der Waals surface area contributed by atoms with Crippen LogP contribution in [0.1, 0.15) is 51.2 Å². The predicted molar refractivity (Wildman–Crippen MR) is 133 cm³/mol. The molecule has 34 heavy (non-hydrogen) atoms. The number of ether oxygens (including phenoxy) is 1. The molecule has 1 aromatic heterocycles. The molecule has 6 heteroatoms. The first kappa shape index (κ1) is 23.1. The second-order valence-corrected chi connectivity index (χ2v) is 8.25. The third-order valence-electron chi connectivity index (χ3n) is 5.27. The molecule has 4 aromatic rings. The number of nitrogens with one attached hydrogen (secondary N) is 1. The molecule has 1 heterocycles. The molecule has 0 saturated carbocycles. The third kappa shape index (κ3) is 6.25. The summed E-state index contributed by atoms with van der Waals surface area (Å²) in [5.74, 6) is 1.54. The minimum atomic E-state index is -0.338. The van der Waals surface area contributed by atoms with E-state index in [-0.39, 0.29) is 5.97 Å². The molecule has 0 aliphatic rings. The molecule has 6 nitrogen and oxygen atoms in total. The Kier molecular flexibility index (Phi) is 7.28. The van der Waals surface area contributed by atoms with Gasteiger partial charge in [-0.15, -0.1) is 0 Å². The Hall–Kier alpha value is -4.06. The lowest BCUT2D eigenvalue weighted by atomic mass is 10.1. The number of esters is 1. The van der Waals surface area contributed by atoms with Crippen molar-refractivity contribution in [3.05, 3.63) is 112 Å². The van der Waals surface area contributed by atoms with Gasteiger partial charge < -0.3 is 10.1 Å². The molecule has 0 saturated heterocycles. The lowest BCUT2D eigenvalue weighted by molar-refractivity contribution is 0.0526. The number of rotatable bonds is 8. The predicted octanol–water partition coefficient (Wildman–Crippen LogP) is 5.59. The summed E-state index contributed by atoms with van der Waals surface area (Å²) in [4.78, 5) is 26.0. The molecule has 172 valence electrons. The van der Waals surface area contributed by atoms with Gasteiger partial charge in [-0.1, -0.05) is 59.7 Å². The Bertz CT molecular complexity index is 1220. The fourth-order valence-corrected chi connectivity index (χ4v) is 3.73. The van der Waals surface area contributed by atoms with Crippen LogP contribution in [0, 0.1) is 13.8 Å². The maximum atomic E-state index is 11.9. The second kappa shape index (κ2) is 10.7. The smallest absolute Gasteiger partial charge is 0.338 e. The van der Waals surface area contributed by atoms with Gasteiger partial charge in [0, 0.05) is 18.5 Å². The first-order valence-electron chi connectivity index (χ1n) is 11.4. The minimum absolute atomic E-state index is 0.338. The largest absolute Gasteiger partial charge is 0.462 e. The van der Waals surface area contributed by atoms with E-state index in [9.17, 15) is 4.79 Å². The number of hydrogen-bond donors (Lipinski definition) is 1. The van der Waals surface area contributed by atoms with Gasteiger partial charge in [0.1, 0.15) is 11.6 Å². The monoisotopic (exact) mass is 452 g/mol. The van der Waals surface area contributed by atoms with E-state index in [2.05, 4.69) is 65.5 Å². The van der Waals surface area contributed by atoms with Crippen molar-refractivity contribution in [2.24, 2.45) is 0 Å². The van der Waals surface area contributed by atoms with Gasteiger partial charge in [0.25, 0.3) is 0 Å². The van der Waals surface area contributed by atoms with Gasteiger partial charge in [-0.2, -0.15) is 9.97 Å². The van der Waals surface area contributed by atoms with Crippen LogP contribution in [0.4, 0.5) is 11.6 Å². The van der Waals surface area contributed by atoms with E-state index < -0.39 is 0 Å². The summed E-state index contributed by atoms with van der Waals surface area (Å²) in [6.45, 7) is 6.29. The van der Waals surface area contributed by atoms with E-state index in [1.165, 1.54) is 11.1 Å². The molecular formula is C28H28N4O2. The van der Waals surface area contributed by atoms with Crippen molar-refractivity contribution in [3.63, 3.8) is 0 Å². The quantitative estimate of drug-likeness (QED) is 0.351. The van der Waals surface area contributed by atoms with Gasteiger partial charge in [0.15, 0.2) is 0 Å². The van der Waals surface area contributed by atoms with E-state index in [1.807, 2.05) is 24.3 Å². The molecule has 0 spiro atoms. The average Bonchev–Trinajstić information content (AvgIpc) is 2.80. The number of carbonyl (C=O) groups is 1. The highest BCUT2D eigenvalue weighted by Crippen LogP contribution is 2.18. The molecule has 0 aliphatic heterocycles. The average molecular weight is 453 g/mol. The Morgan fingerprint density at radius 1 is 0.794 bits per heavy atom. The number of nitrogens with zero attached hydrogens (tertiary/aromatic N) is 3. The van der Waals surface area contributed by atoms with Crippen molar-refractivity contribution < 1.29 is 9.53 Å².